The van der Waals surface area contributed by atoms with Crippen molar-refractivity contribution in [3.8, 4) is 0 Å². The molecule has 9 heteroatoms. The molecule has 2 N–H and O–H groups in total. The van der Waals surface area contributed by atoms with Crippen molar-refractivity contribution in [1.82, 2.24) is 15.0 Å². The minimum absolute atomic E-state index is 0.118. The molecule has 4 nitrogen and oxygen atoms in total. The summed E-state index contributed by atoms with van der Waals surface area (Å²) in [7, 11) is 0. The molecule has 0 spiro atoms. The van der Waals surface area contributed by atoms with Crippen LogP contribution in [0, 0.1) is 0 Å². The highest BCUT2D eigenvalue weighted by Gasteiger charge is 2.32. The molecule has 1 aromatic heterocycles. The van der Waals surface area contributed by atoms with E-state index in [1.54, 1.807) is 0 Å². The van der Waals surface area contributed by atoms with Crippen LogP contribution in [0.1, 0.15) is 17.8 Å². The number of hydrogen-bond acceptors (Lipinski definition) is 3. The maximum atomic E-state index is 12.4. The predicted octanol–water partition coefficient (Wildman–Crippen LogP) is 1.24. The van der Waals surface area contributed by atoms with E-state index in [0.29, 0.717) is 0 Å². The molecule has 0 bridgehead atoms. The lowest BCUT2D eigenvalue weighted by molar-refractivity contribution is -0.144. The second-order valence-electron chi connectivity index (χ2n) is 2.70. The zero-order valence-corrected chi connectivity index (χ0v) is 7.30. The molecule has 0 aromatic carbocycles. The number of hydrogen-bond donors (Lipinski definition) is 1. The monoisotopic (exact) mass is 230 g/mol. The molecule has 0 radical (unpaired) electrons. The van der Waals surface area contributed by atoms with E-state index in [4.69, 9.17) is 5.73 Å². The molecule has 86 valence electrons. The van der Waals surface area contributed by atoms with Gasteiger partial charge in [-0.3, -0.25) is 0 Å². The van der Waals surface area contributed by atoms with Crippen LogP contribution >= 0.6 is 0 Å². The molecule has 1 rings (SSSR count). The van der Waals surface area contributed by atoms with Crippen LogP contribution in [0.25, 0.3) is 0 Å². The Kier molecular flexibility index (Phi) is 3.22. The molecular weight excluding hydrogens is 223 g/mol. The SMILES string of the molecule is NCc1nnn(CC(F)(F)F)c1C(F)F. The average Bonchev–Trinajstić information content (AvgIpc) is 2.44. The highest BCUT2D eigenvalue weighted by atomic mass is 19.4. The first-order valence-corrected chi connectivity index (χ1v) is 3.82. The van der Waals surface area contributed by atoms with Crippen LogP contribution in [0.15, 0.2) is 0 Å². The predicted molar refractivity (Wildman–Crippen MR) is 38.9 cm³/mol. The molecule has 0 aliphatic heterocycles. The summed E-state index contributed by atoms with van der Waals surface area (Å²) in [6, 6.07) is 0. The molecule has 0 amide bonds. The van der Waals surface area contributed by atoms with Crippen LogP contribution in [0.4, 0.5) is 22.0 Å². The van der Waals surface area contributed by atoms with E-state index in [1.165, 1.54) is 0 Å². The van der Waals surface area contributed by atoms with Gasteiger partial charge in [0.05, 0.1) is 0 Å². The molecule has 0 saturated heterocycles. The third-order valence-corrected chi connectivity index (χ3v) is 1.58. The van der Waals surface area contributed by atoms with E-state index in [0.717, 1.165) is 0 Å². The van der Waals surface area contributed by atoms with E-state index < -0.39 is 24.8 Å². The molecule has 0 aliphatic carbocycles. The highest BCUT2D eigenvalue weighted by Crippen LogP contribution is 2.24. The second kappa shape index (κ2) is 4.09. The van der Waals surface area contributed by atoms with Crippen molar-refractivity contribution in [2.24, 2.45) is 5.73 Å². The van der Waals surface area contributed by atoms with Gasteiger partial charge in [-0.05, 0) is 0 Å². The van der Waals surface area contributed by atoms with Gasteiger partial charge in [-0.15, -0.1) is 5.10 Å². The van der Waals surface area contributed by atoms with E-state index in [2.05, 4.69) is 10.3 Å². The van der Waals surface area contributed by atoms with Crippen LogP contribution in [0.3, 0.4) is 0 Å². The summed E-state index contributed by atoms with van der Waals surface area (Å²) in [6.07, 6.45) is -7.70. The summed E-state index contributed by atoms with van der Waals surface area (Å²) < 4.78 is 60.6. The zero-order valence-electron chi connectivity index (χ0n) is 7.30. The van der Waals surface area contributed by atoms with Crippen molar-refractivity contribution in [2.45, 2.75) is 25.7 Å². The third kappa shape index (κ3) is 2.85. The van der Waals surface area contributed by atoms with Crippen molar-refractivity contribution >= 4 is 0 Å². The molecule has 0 fully saturated rings. The first-order chi connectivity index (χ1) is 6.85. The largest absolute Gasteiger partial charge is 0.408 e. The standard InChI is InChI=1S/C6H7F5N4/c7-5(8)4-3(1-12)13-14-15(4)2-6(9,10)11/h5H,1-2,12H2. The van der Waals surface area contributed by atoms with Crippen molar-refractivity contribution in [2.75, 3.05) is 0 Å². The zero-order chi connectivity index (χ0) is 11.6. The van der Waals surface area contributed by atoms with E-state index in [1.807, 2.05) is 0 Å². The lowest BCUT2D eigenvalue weighted by Crippen LogP contribution is -2.21. The Balaban J connectivity index is 3.03. The minimum atomic E-state index is -4.62. The molecule has 1 heterocycles. The summed E-state index contributed by atoms with van der Waals surface area (Å²) in [5, 5.41) is 6.13. The number of aromatic nitrogens is 3. The van der Waals surface area contributed by atoms with Gasteiger partial charge in [0.2, 0.25) is 0 Å². The van der Waals surface area contributed by atoms with Gasteiger partial charge in [0.1, 0.15) is 17.9 Å². The fourth-order valence-electron chi connectivity index (χ4n) is 1.03. The summed E-state index contributed by atoms with van der Waals surface area (Å²) in [4.78, 5) is 0. The number of alkyl halides is 5. The average molecular weight is 230 g/mol. The lowest BCUT2D eigenvalue weighted by Gasteiger charge is -2.09. The topological polar surface area (TPSA) is 56.7 Å². The molecule has 1 aromatic rings. The lowest BCUT2D eigenvalue weighted by atomic mass is 10.3. The number of nitrogens with zero attached hydrogens (tertiary/aromatic N) is 3. The maximum absolute atomic E-state index is 12.4. The summed E-state index contributed by atoms with van der Waals surface area (Å²) in [5.41, 5.74) is 3.83. The van der Waals surface area contributed by atoms with Crippen LogP contribution < -0.4 is 5.73 Å². The summed E-state index contributed by atoms with van der Waals surface area (Å²) >= 11 is 0. The molecule has 0 saturated carbocycles. The highest BCUT2D eigenvalue weighted by molar-refractivity contribution is 5.11. The van der Waals surface area contributed by atoms with E-state index in [9.17, 15) is 22.0 Å². The number of rotatable bonds is 3. The Morgan fingerprint density at radius 1 is 1.33 bits per heavy atom. The molecule has 15 heavy (non-hydrogen) atoms. The normalized spacial score (nSPS) is 12.5. The Bertz CT molecular complexity index is 331. The van der Waals surface area contributed by atoms with Crippen LogP contribution in [-0.4, -0.2) is 21.2 Å². The van der Waals surface area contributed by atoms with E-state index >= 15 is 0 Å². The van der Waals surface area contributed by atoms with Crippen molar-refractivity contribution in [3.63, 3.8) is 0 Å². The van der Waals surface area contributed by atoms with Crippen LogP contribution in [0.2, 0.25) is 0 Å². The van der Waals surface area contributed by atoms with Gasteiger partial charge >= 0.3 is 6.18 Å². The Morgan fingerprint density at radius 3 is 2.33 bits per heavy atom. The first-order valence-electron chi connectivity index (χ1n) is 3.82. The van der Waals surface area contributed by atoms with Gasteiger partial charge in [0, 0.05) is 6.54 Å². The van der Waals surface area contributed by atoms with Gasteiger partial charge in [0.25, 0.3) is 6.43 Å². The van der Waals surface area contributed by atoms with Gasteiger partial charge in [-0.25, -0.2) is 13.5 Å². The van der Waals surface area contributed by atoms with Crippen LogP contribution in [-0.2, 0) is 13.1 Å². The molecule has 0 atom stereocenters. The third-order valence-electron chi connectivity index (χ3n) is 1.58. The fraction of sp³-hybridized carbons (Fsp3) is 0.667. The first kappa shape index (κ1) is 11.8. The summed E-state index contributed by atoms with van der Waals surface area (Å²) in [6.45, 7) is -1.97. The Morgan fingerprint density at radius 2 is 1.93 bits per heavy atom. The van der Waals surface area contributed by atoms with Gasteiger partial charge < -0.3 is 5.73 Å². The fourth-order valence-corrected chi connectivity index (χ4v) is 1.03. The molecule has 0 aliphatic rings. The smallest absolute Gasteiger partial charge is 0.325 e. The van der Waals surface area contributed by atoms with Crippen molar-refractivity contribution < 1.29 is 22.0 Å². The van der Waals surface area contributed by atoms with Crippen molar-refractivity contribution in [1.29, 1.82) is 0 Å². The van der Waals surface area contributed by atoms with Gasteiger partial charge in [0.15, 0.2) is 0 Å². The van der Waals surface area contributed by atoms with E-state index in [-0.39, 0.29) is 16.9 Å². The number of nitrogens with two attached hydrogens (primary N) is 1. The van der Waals surface area contributed by atoms with Gasteiger partial charge in [-0.2, -0.15) is 13.2 Å². The Hall–Kier alpha value is -1.25. The minimum Gasteiger partial charge on any atom is -0.325 e. The maximum Gasteiger partial charge on any atom is 0.408 e. The number of halogens is 5. The van der Waals surface area contributed by atoms with Crippen LogP contribution in [0.5, 0.6) is 0 Å². The molecule has 0 unspecified atom stereocenters. The second-order valence-corrected chi connectivity index (χ2v) is 2.70. The van der Waals surface area contributed by atoms with Gasteiger partial charge in [-0.1, -0.05) is 5.21 Å². The quantitative estimate of drug-likeness (QED) is 0.794. The van der Waals surface area contributed by atoms with Crippen molar-refractivity contribution in [3.05, 3.63) is 11.4 Å². The molecular formula is C6H7F5N4. The Labute approximate surface area is 80.9 Å². The summed E-state index contributed by atoms with van der Waals surface area (Å²) in [5.74, 6) is 0.